The van der Waals surface area contributed by atoms with E-state index in [4.69, 9.17) is 41.7 Å². The first-order valence-corrected chi connectivity index (χ1v) is 27.3. The molecular weight excluding hydrogens is 655 g/mol. The third-order valence-electron chi connectivity index (χ3n) is 9.21. The van der Waals surface area contributed by atoms with Gasteiger partial charge in [-0.15, -0.1) is 0 Å². The Morgan fingerprint density at radius 2 is 1.57 bits per heavy atom. The molecular formula is C33H65NO10Si3. The van der Waals surface area contributed by atoms with Crippen LogP contribution in [0.1, 0.15) is 40.5 Å². The number of amides is 1. The fourth-order valence-corrected chi connectivity index (χ4v) is 9.49. The average molecular weight is 720 g/mol. The molecule has 3 aliphatic heterocycles. The van der Waals surface area contributed by atoms with Gasteiger partial charge in [0, 0.05) is 38.4 Å². The molecule has 3 saturated heterocycles. The van der Waals surface area contributed by atoms with Crippen molar-refractivity contribution in [2.75, 3.05) is 27.6 Å². The molecule has 3 fully saturated rings. The number of carbonyl (C=O) groups is 1. The van der Waals surface area contributed by atoms with E-state index in [0.717, 1.165) is 5.57 Å². The number of nitrogens with one attached hydrogen (secondary N) is 1. The van der Waals surface area contributed by atoms with E-state index in [2.05, 4.69) is 71.9 Å². The SMILES string of the molecule is C=C1C[C@](OC)([C@H](O[Si](C)(C)C)C(=O)N[C@H]2OCO[C@H]3[C@@H]2O[C@H](C[C@H](CO[Si](C)(C)C)O[Si](C)(C)C)C(C)(C)[C@@H]3OC)O[C@H](C)[C@@H]1C. The van der Waals surface area contributed by atoms with Crippen molar-refractivity contribution in [3.05, 3.63) is 12.2 Å². The molecule has 14 heteroatoms. The van der Waals surface area contributed by atoms with Crippen LogP contribution in [0.4, 0.5) is 0 Å². The molecule has 1 amide bonds. The maximum Gasteiger partial charge on any atom is 0.255 e. The molecule has 0 bridgehead atoms. The van der Waals surface area contributed by atoms with Crippen LogP contribution in [0.5, 0.6) is 0 Å². The average Bonchev–Trinajstić information content (AvgIpc) is 2.92. The Kier molecular flexibility index (Phi) is 13.4. The summed E-state index contributed by atoms with van der Waals surface area (Å²) in [4.78, 5) is 14.4. The number of hydrogen-bond acceptors (Lipinski definition) is 10. The predicted octanol–water partition coefficient (Wildman–Crippen LogP) is 5.64. The lowest BCUT2D eigenvalue weighted by molar-refractivity contribution is -0.332. The molecule has 10 atom stereocenters. The van der Waals surface area contributed by atoms with Crippen molar-refractivity contribution in [1.82, 2.24) is 5.32 Å². The van der Waals surface area contributed by atoms with Crippen LogP contribution in [0.3, 0.4) is 0 Å². The van der Waals surface area contributed by atoms with Gasteiger partial charge in [0.15, 0.2) is 37.3 Å². The van der Waals surface area contributed by atoms with Crippen LogP contribution < -0.4 is 5.32 Å². The van der Waals surface area contributed by atoms with E-state index < -0.39 is 66.6 Å². The van der Waals surface area contributed by atoms with Crippen molar-refractivity contribution in [3.8, 4) is 0 Å². The molecule has 11 nitrogen and oxygen atoms in total. The van der Waals surface area contributed by atoms with Crippen LogP contribution in [0.25, 0.3) is 0 Å². The fraction of sp³-hybridized carbons (Fsp3) is 0.909. The Balaban J connectivity index is 1.93. The topological polar surface area (TPSA) is 112 Å². The molecule has 47 heavy (non-hydrogen) atoms. The Hall–Kier alpha value is -0.499. The van der Waals surface area contributed by atoms with E-state index in [1.807, 2.05) is 26.6 Å². The van der Waals surface area contributed by atoms with Gasteiger partial charge in [0.25, 0.3) is 5.91 Å². The summed E-state index contributed by atoms with van der Waals surface area (Å²) in [7, 11) is -2.75. The smallest absolute Gasteiger partial charge is 0.255 e. The standard InChI is InChI=1S/C33H65NO10Si3/c1-21-18-33(37-7,42-23(3)22(21)2)29(44-47(14,15)16)30(35)34-31-27-26(38-20-39-31)28(36-6)32(4,5)25(41-27)17-24(43-46(11,12)13)19-40-45(8,9)10/h22-29,31H,1,17-20H2,2-16H3,(H,34,35)/t22-,23-,24-,25-,26+,27+,28-,29-,31+,33-/m1/s1. The number of carbonyl (C=O) groups excluding carboxylic acids is 1. The summed E-state index contributed by atoms with van der Waals surface area (Å²) in [6.07, 6.45) is -3.17. The Morgan fingerprint density at radius 1 is 0.957 bits per heavy atom. The zero-order chi connectivity index (χ0) is 35.8. The van der Waals surface area contributed by atoms with Crippen LogP contribution in [0, 0.1) is 11.3 Å². The van der Waals surface area contributed by atoms with Crippen LogP contribution in [-0.2, 0) is 46.5 Å². The molecule has 0 aromatic heterocycles. The Labute approximate surface area is 287 Å². The first-order valence-electron chi connectivity index (χ1n) is 17.0. The van der Waals surface area contributed by atoms with Gasteiger partial charge < -0.3 is 47.0 Å². The van der Waals surface area contributed by atoms with Gasteiger partial charge in [-0.1, -0.05) is 32.9 Å². The highest BCUT2D eigenvalue weighted by molar-refractivity contribution is 6.70. The first kappa shape index (κ1) is 40.9. The van der Waals surface area contributed by atoms with E-state index in [-0.39, 0.29) is 37.1 Å². The summed E-state index contributed by atoms with van der Waals surface area (Å²) < 4.78 is 57.3. The van der Waals surface area contributed by atoms with Crippen LogP contribution in [0.15, 0.2) is 12.2 Å². The van der Waals surface area contributed by atoms with Crippen LogP contribution >= 0.6 is 0 Å². The summed E-state index contributed by atoms with van der Waals surface area (Å²) in [5, 5.41) is 3.11. The minimum Gasteiger partial charge on any atom is -0.415 e. The highest BCUT2D eigenvalue weighted by Gasteiger charge is 2.58. The number of rotatable bonds is 14. The lowest BCUT2D eigenvalue weighted by Crippen LogP contribution is -2.70. The Morgan fingerprint density at radius 3 is 2.09 bits per heavy atom. The maximum absolute atomic E-state index is 14.4. The molecule has 0 saturated carbocycles. The summed E-state index contributed by atoms with van der Waals surface area (Å²) in [5.41, 5.74) is 0.496. The van der Waals surface area contributed by atoms with Crippen LogP contribution in [0.2, 0.25) is 58.9 Å². The third-order valence-corrected chi connectivity index (χ3v) is 12.2. The quantitative estimate of drug-likeness (QED) is 0.179. The second-order valence-corrected chi connectivity index (χ2v) is 30.4. The van der Waals surface area contributed by atoms with E-state index in [0.29, 0.717) is 19.4 Å². The van der Waals surface area contributed by atoms with E-state index in [9.17, 15) is 4.79 Å². The van der Waals surface area contributed by atoms with Gasteiger partial charge >= 0.3 is 0 Å². The lowest BCUT2D eigenvalue weighted by Gasteiger charge is -2.55. The molecule has 0 unspecified atom stereocenters. The van der Waals surface area contributed by atoms with Crippen molar-refractivity contribution < 1.29 is 46.5 Å². The minimum atomic E-state index is -2.29. The number of hydrogen-bond donors (Lipinski definition) is 1. The minimum absolute atomic E-state index is 0.0295. The van der Waals surface area contributed by atoms with Crippen molar-refractivity contribution in [2.45, 2.75) is 154 Å². The molecule has 1 N–H and O–H groups in total. The van der Waals surface area contributed by atoms with Gasteiger partial charge in [0.2, 0.25) is 5.79 Å². The fourth-order valence-electron chi connectivity index (χ4n) is 6.65. The van der Waals surface area contributed by atoms with Gasteiger partial charge in [-0.3, -0.25) is 4.79 Å². The molecule has 0 aliphatic carbocycles. The summed E-state index contributed by atoms with van der Waals surface area (Å²) in [6.45, 7) is 32.2. The van der Waals surface area contributed by atoms with Crippen molar-refractivity contribution in [1.29, 1.82) is 0 Å². The molecule has 274 valence electrons. The summed E-state index contributed by atoms with van der Waals surface area (Å²) in [6, 6.07) is 0. The third kappa shape index (κ3) is 10.5. The van der Waals surface area contributed by atoms with Crippen molar-refractivity contribution in [2.24, 2.45) is 11.3 Å². The molecule has 0 aromatic carbocycles. The highest BCUT2D eigenvalue weighted by atomic mass is 28.4. The second-order valence-electron chi connectivity index (χ2n) is 17.0. The number of ether oxygens (including phenoxy) is 6. The zero-order valence-corrected chi connectivity index (χ0v) is 34.8. The molecule has 0 aromatic rings. The molecule has 3 heterocycles. The lowest BCUT2D eigenvalue weighted by atomic mass is 9.72. The monoisotopic (exact) mass is 719 g/mol. The molecule has 0 spiro atoms. The highest BCUT2D eigenvalue weighted by Crippen LogP contribution is 2.44. The largest absolute Gasteiger partial charge is 0.415 e. The van der Waals surface area contributed by atoms with Crippen molar-refractivity contribution in [3.63, 3.8) is 0 Å². The van der Waals surface area contributed by atoms with Crippen LogP contribution in [-0.4, -0.2) is 113 Å². The predicted molar refractivity (Wildman–Crippen MR) is 190 cm³/mol. The van der Waals surface area contributed by atoms with Gasteiger partial charge in [0.05, 0.1) is 31.0 Å². The second kappa shape index (κ2) is 15.4. The zero-order valence-electron chi connectivity index (χ0n) is 31.8. The molecule has 3 aliphatic rings. The number of methoxy groups -OCH3 is 2. The first-order chi connectivity index (χ1) is 21.4. The summed E-state index contributed by atoms with van der Waals surface area (Å²) >= 11 is 0. The Bertz CT molecular complexity index is 1070. The van der Waals surface area contributed by atoms with Gasteiger partial charge in [-0.05, 0) is 65.8 Å². The normalized spacial score (nSPS) is 34.8. The summed E-state index contributed by atoms with van der Waals surface area (Å²) in [5.74, 6) is -1.64. The van der Waals surface area contributed by atoms with Crippen molar-refractivity contribution >= 4 is 30.9 Å². The van der Waals surface area contributed by atoms with E-state index in [1.54, 1.807) is 14.2 Å². The van der Waals surface area contributed by atoms with Gasteiger partial charge in [-0.25, -0.2) is 0 Å². The molecule has 0 radical (unpaired) electrons. The van der Waals surface area contributed by atoms with Gasteiger partial charge in [0.1, 0.15) is 19.0 Å². The molecule has 3 rings (SSSR count). The number of fused-ring (bicyclic) bond motifs is 1. The van der Waals surface area contributed by atoms with E-state index in [1.165, 1.54) is 0 Å². The maximum atomic E-state index is 14.4. The van der Waals surface area contributed by atoms with Gasteiger partial charge in [-0.2, -0.15) is 0 Å². The van der Waals surface area contributed by atoms with E-state index >= 15 is 0 Å².